The lowest BCUT2D eigenvalue weighted by molar-refractivity contribution is -0.143. The van der Waals surface area contributed by atoms with E-state index in [1.54, 1.807) is 6.92 Å². The highest BCUT2D eigenvalue weighted by molar-refractivity contribution is 5.77. The van der Waals surface area contributed by atoms with Gasteiger partial charge in [-0.05, 0) is 45.1 Å². The second-order valence-corrected chi connectivity index (χ2v) is 6.65. The lowest BCUT2D eigenvalue weighted by Gasteiger charge is -2.31. The number of nitrogens with two attached hydrogens (primary N) is 1. The Bertz CT molecular complexity index is 284. The highest BCUT2D eigenvalue weighted by atomic mass is 16.4. The molecule has 0 heterocycles. The summed E-state index contributed by atoms with van der Waals surface area (Å²) in [5, 5.41) is 9.02. The molecule has 1 atom stereocenters. The summed E-state index contributed by atoms with van der Waals surface area (Å²) in [6.07, 6.45) is 6.68. The lowest BCUT2D eigenvalue weighted by atomic mass is 9.97. The monoisotopic (exact) mass is 270 g/mol. The van der Waals surface area contributed by atoms with Crippen molar-refractivity contribution in [3.63, 3.8) is 0 Å². The Balaban J connectivity index is 2.42. The predicted octanol–water partition coefficient (Wildman–Crippen LogP) is 2.47. The second-order valence-electron chi connectivity index (χ2n) is 6.65. The molecule has 3 N–H and O–H groups in total. The van der Waals surface area contributed by atoms with Gasteiger partial charge in [-0.2, -0.15) is 0 Å². The molecule has 0 aromatic rings. The average molecular weight is 270 g/mol. The van der Waals surface area contributed by atoms with E-state index in [4.69, 9.17) is 10.8 Å². The van der Waals surface area contributed by atoms with Gasteiger partial charge < -0.3 is 15.7 Å². The van der Waals surface area contributed by atoms with Crippen molar-refractivity contribution in [2.45, 2.75) is 70.9 Å². The summed E-state index contributed by atoms with van der Waals surface area (Å²) in [6.45, 7) is 8.18. The third kappa shape index (κ3) is 5.49. The molecule has 0 aliphatic heterocycles. The fraction of sp³-hybridized carbons (Fsp3) is 0.933. The smallest absolute Gasteiger partial charge is 0.323 e. The molecule has 19 heavy (non-hydrogen) atoms. The quantitative estimate of drug-likeness (QED) is 0.711. The summed E-state index contributed by atoms with van der Waals surface area (Å²) in [5.74, 6) is -0.242. The number of hydrogen-bond donors (Lipinski definition) is 2. The molecule has 1 fully saturated rings. The Hall–Kier alpha value is -0.610. The molecule has 0 radical (unpaired) electrons. The van der Waals surface area contributed by atoms with E-state index in [1.807, 2.05) is 0 Å². The van der Waals surface area contributed by atoms with Gasteiger partial charge in [0.1, 0.15) is 5.54 Å². The minimum Gasteiger partial charge on any atom is -0.480 e. The van der Waals surface area contributed by atoms with E-state index in [-0.39, 0.29) is 0 Å². The van der Waals surface area contributed by atoms with E-state index < -0.39 is 11.5 Å². The van der Waals surface area contributed by atoms with Crippen molar-refractivity contribution in [2.24, 2.45) is 11.7 Å². The molecule has 1 aliphatic carbocycles. The number of aliphatic carboxylic acids is 1. The number of carboxylic acids is 1. The first kappa shape index (κ1) is 16.4. The Morgan fingerprint density at radius 1 is 1.42 bits per heavy atom. The van der Waals surface area contributed by atoms with E-state index in [0.717, 1.165) is 19.5 Å². The average Bonchev–Trinajstić information content (AvgIpc) is 2.80. The van der Waals surface area contributed by atoms with Crippen LogP contribution < -0.4 is 5.73 Å². The minimum atomic E-state index is -1.08. The van der Waals surface area contributed by atoms with Crippen molar-refractivity contribution in [3.05, 3.63) is 0 Å². The van der Waals surface area contributed by atoms with E-state index >= 15 is 0 Å². The van der Waals surface area contributed by atoms with Gasteiger partial charge in [-0.25, -0.2) is 0 Å². The molecular weight excluding hydrogens is 240 g/mol. The third-order valence-electron chi connectivity index (χ3n) is 4.07. The highest BCUT2D eigenvalue weighted by Crippen LogP contribution is 2.25. The van der Waals surface area contributed by atoms with E-state index in [2.05, 4.69) is 18.7 Å². The number of carboxylic acid groups (broad SMARTS) is 1. The maximum absolute atomic E-state index is 11.0. The predicted molar refractivity (Wildman–Crippen MR) is 78.1 cm³/mol. The summed E-state index contributed by atoms with van der Waals surface area (Å²) in [7, 11) is 0. The minimum absolute atomic E-state index is 0.545. The summed E-state index contributed by atoms with van der Waals surface area (Å²) in [5.41, 5.74) is 4.70. The molecule has 4 heteroatoms. The standard InChI is InChI=1S/C15H30N2O2/c1-12(2)11-17(13-7-4-5-8-13)10-6-9-15(3,16)14(18)19/h12-13H,4-11,16H2,1-3H3,(H,18,19). The van der Waals surface area contributed by atoms with Gasteiger partial charge in [-0.1, -0.05) is 26.7 Å². The fourth-order valence-electron chi connectivity index (χ4n) is 2.92. The van der Waals surface area contributed by atoms with E-state index in [9.17, 15) is 4.79 Å². The van der Waals surface area contributed by atoms with Gasteiger partial charge >= 0.3 is 5.97 Å². The maximum Gasteiger partial charge on any atom is 0.323 e. The normalized spacial score (nSPS) is 20.1. The third-order valence-corrected chi connectivity index (χ3v) is 4.07. The SMILES string of the molecule is CC(C)CN(CCCC(C)(N)C(=O)O)C1CCCC1. The van der Waals surface area contributed by atoms with Gasteiger partial charge in [0.2, 0.25) is 0 Å². The number of hydrogen-bond acceptors (Lipinski definition) is 3. The molecule has 0 amide bonds. The van der Waals surface area contributed by atoms with Crippen LogP contribution >= 0.6 is 0 Å². The first-order chi connectivity index (χ1) is 8.83. The molecule has 0 aromatic carbocycles. The number of rotatable bonds is 8. The topological polar surface area (TPSA) is 66.6 Å². The molecule has 1 saturated carbocycles. The summed E-state index contributed by atoms with van der Waals surface area (Å²) in [6, 6.07) is 0.705. The Labute approximate surface area is 117 Å². The first-order valence-electron chi connectivity index (χ1n) is 7.59. The van der Waals surface area contributed by atoms with Crippen LogP contribution in [0.15, 0.2) is 0 Å². The Kier molecular flexibility index (Phi) is 6.27. The summed E-state index contributed by atoms with van der Waals surface area (Å²) < 4.78 is 0. The van der Waals surface area contributed by atoms with Crippen LogP contribution in [-0.2, 0) is 4.79 Å². The zero-order valence-corrected chi connectivity index (χ0v) is 12.7. The van der Waals surface area contributed by atoms with E-state index in [0.29, 0.717) is 18.4 Å². The molecule has 1 unspecified atom stereocenters. The molecule has 4 nitrogen and oxygen atoms in total. The molecule has 0 aromatic heterocycles. The van der Waals surface area contributed by atoms with Crippen LogP contribution in [-0.4, -0.2) is 40.6 Å². The summed E-state index contributed by atoms with van der Waals surface area (Å²) in [4.78, 5) is 13.5. The Morgan fingerprint density at radius 3 is 2.47 bits per heavy atom. The van der Waals surface area contributed by atoms with Crippen LogP contribution in [0.4, 0.5) is 0 Å². The molecule has 0 bridgehead atoms. The molecular formula is C15H30N2O2. The largest absolute Gasteiger partial charge is 0.480 e. The Morgan fingerprint density at radius 2 is 2.00 bits per heavy atom. The fourth-order valence-corrected chi connectivity index (χ4v) is 2.92. The first-order valence-corrected chi connectivity index (χ1v) is 7.59. The lowest BCUT2D eigenvalue weighted by Crippen LogP contribution is -2.45. The van der Waals surface area contributed by atoms with Crippen molar-refractivity contribution in [3.8, 4) is 0 Å². The van der Waals surface area contributed by atoms with Crippen molar-refractivity contribution in [2.75, 3.05) is 13.1 Å². The van der Waals surface area contributed by atoms with Crippen molar-refractivity contribution in [1.82, 2.24) is 4.90 Å². The van der Waals surface area contributed by atoms with Crippen LogP contribution in [0.1, 0.15) is 59.3 Å². The van der Waals surface area contributed by atoms with Crippen LogP contribution in [0.5, 0.6) is 0 Å². The molecule has 0 saturated heterocycles. The second kappa shape index (κ2) is 7.25. The van der Waals surface area contributed by atoms with Crippen molar-refractivity contribution in [1.29, 1.82) is 0 Å². The number of carbonyl (C=O) groups is 1. The number of nitrogens with zero attached hydrogens (tertiary/aromatic N) is 1. The van der Waals surface area contributed by atoms with E-state index in [1.165, 1.54) is 25.7 Å². The molecule has 112 valence electrons. The van der Waals surface area contributed by atoms with Gasteiger partial charge in [0, 0.05) is 12.6 Å². The van der Waals surface area contributed by atoms with Crippen LogP contribution in [0.25, 0.3) is 0 Å². The van der Waals surface area contributed by atoms with Crippen LogP contribution in [0.2, 0.25) is 0 Å². The van der Waals surface area contributed by atoms with Gasteiger partial charge in [-0.15, -0.1) is 0 Å². The van der Waals surface area contributed by atoms with Crippen LogP contribution in [0, 0.1) is 5.92 Å². The zero-order chi connectivity index (χ0) is 14.5. The molecule has 0 spiro atoms. The van der Waals surface area contributed by atoms with Crippen molar-refractivity contribution >= 4 is 5.97 Å². The highest BCUT2D eigenvalue weighted by Gasteiger charge is 2.28. The maximum atomic E-state index is 11.0. The van der Waals surface area contributed by atoms with Crippen LogP contribution in [0.3, 0.4) is 0 Å². The van der Waals surface area contributed by atoms with Gasteiger partial charge in [0.15, 0.2) is 0 Å². The van der Waals surface area contributed by atoms with Gasteiger partial charge in [0.05, 0.1) is 0 Å². The van der Waals surface area contributed by atoms with Gasteiger partial charge in [-0.3, -0.25) is 4.79 Å². The summed E-state index contributed by atoms with van der Waals surface area (Å²) >= 11 is 0. The molecule has 1 rings (SSSR count). The van der Waals surface area contributed by atoms with Gasteiger partial charge in [0.25, 0.3) is 0 Å². The van der Waals surface area contributed by atoms with Crippen molar-refractivity contribution < 1.29 is 9.90 Å². The zero-order valence-electron chi connectivity index (χ0n) is 12.7. The molecule has 1 aliphatic rings.